The molecule has 1 amide bonds. The van der Waals surface area contributed by atoms with Crippen LogP contribution in [-0.2, 0) is 16.1 Å². The molecule has 25 heavy (non-hydrogen) atoms. The molecule has 5 heteroatoms. The van der Waals surface area contributed by atoms with E-state index >= 15 is 0 Å². The molecule has 130 valence electrons. The molecule has 1 fully saturated rings. The van der Waals surface area contributed by atoms with Crippen LogP contribution >= 0.6 is 11.6 Å². The van der Waals surface area contributed by atoms with E-state index in [2.05, 4.69) is 5.32 Å². The number of hydrogen-bond acceptors (Lipinski definition) is 3. The maximum Gasteiger partial charge on any atom is 0.309 e. The lowest BCUT2D eigenvalue weighted by Crippen LogP contribution is -2.12. The van der Waals surface area contributed by atoms with Crippen molar-refractivity contribution in [2.45, 2.75) is 26.9 Å². The number of benzene rings is 2. The van der Waals surface area contributed by atoms with Crippen LogP contribution < -0.4 is 5.32 Å². The monoisotopic (exact) mass is 357 g/mol. The number of anilines is 1. The Morgan fingerprint density at radius 3 is 2.48 bits per heavy atom. The van der Waals surface area contributed by atoms with Crippen LogP contribution in [-0.4, -0.2) is 11.9 Å². The van der Waals surface area contributed by atoms with E-state index in [1.54, 1.807) is 36.4 Å². The molecule has 0 radical (unpaired) electrons. The van der Waals surface area contributed by atoms with E-state index in [4.69, 9.17) is 16.3 Å². The molecule has 1 aliphatic rings. The van der Waals surface area contributed by atoms with Gasteiger partial charge in [0.05, 0.1) is 5.92 Å². The van der Waals surface area contributed by atoms with Crippen LogP contribution in [0, 0.1) is 18.8 Å². The molecule has 0 aromatic heterocycles. The van der Waals surface area contributed by atoms with Gasteiger partial charge < -0.3 is 10.1 Å². The molecule has 4 nitrogen and oxygen atoms in total. The van der Waals surface area contributed by atoms with Crippen molar-refractivity contribution in [3.63, 3.8) is 0 Å². The quantitative estimate of drug-likeness (QED) is 0.795. The van der Waals surface area contributed by atoms with Crippen LogP contribution in [0.25, 0.3) is 0 Å². The molecule has 1 aliphatic carbocycles. The first-order valence-corrected chi connectivity index (χ1v) is 8.65. The summed E-state index contributed by atoms with van der Waals surface area (Å²) in [6.45, 7) is 4.16. The van der Waals surface area contributed by atoms with Gasteiger partial charge >= 0.3 is 5.97 Å². The standard InChI is InChI=1S/C20H20ClNO3/c1-12-10-17(12)20(24)25-11-14-3-5-15(6-4-14)19(23)22-16-7-8-18(21)13(2)9-16/h3-9,12,17H,10-11H2,1-2H3,(H,22,23)/t12-,17-/m0/s1. The molecule has 2 aromatic carbocycles. The highest BCUT2D eigenvalue weighted by atomic mass is 35.5. The van der Waals surface area contributed by atoms with E-state index in [0.29, 0.717) is 22.2 Å². The van der Waals surface area contributed by atoms with E-state index in [1.807, 2.05) is 19.9 Å². The molecular formula is C20H20ClNO3. The Labute approximate surface area is 152 Å². The summed E-state index contributed by atoms with van der Waals surface area (Å²) < 4.78 is 5.29. The van der Waals surface area contributed by atoms with Gasteiger partial charge in [0.15, 0.2) is 0 Å². The zero-order chi connectivity index (χ0) is 18.0. The van der Waals surface area contributed by atoms with Crippen LogP contribution in [0.1, 0.15) is 34.8 Å². The molecule has 0 heterocycles. The normalized spacial score (nSPS) is 18.5. The number of halogens is 1. The minimum Gasteiger partial charge on any atom is -0.461 e. The minimum atomic E-state index is -0.197. The molecule has 2 aromatic rings. The summed E-state index contributed by atoms with van der Waals surface area (Å²) in [4.78, 5) is 24.0. The molecule has 3 rings (SSSR count). The van der Waals surface area contributed by atoms with E-state index in [0.717, 1.165) is 17.5 Å². The summed E-state index contributed by atoms with van der Waals surface area (Å²) in [6, 6.07) is 12.4. The van der Waals surface area contributed by atoms with Crippen LogP contribution in [0.15, 0.2) is 42.5 Å². The van der Waals surface area contributed by atoms with E-state index in [-0.39, 0.29) is 24.4 Å². The Bertz CT molecular complexity index is 801. The number of aryl methyl sites for hydroxylation is 1. The first kappa shape index (κ1) is 17.5. The lowest BCUT2D eigenvalue weighted by molar-refractivity contribution is -0.146. The summed E-state index contributed by atoms with van der Waals surface area (Å²) in [7, 11) is 0. The van der Waals surface area contributed by atoms with Gasteiger partial charge in [0.2, 0.25) is 0 Å². The summed E-state index contributed by atoms with van der Waals surface area (Å²) in [5.74, 6) is 0.174. The fourth-order valence-corrected chi connectivity index (χ4v) is 2.71. The van der Waals surface area contributed by atoms with Crippen molar-refractivity contribution >= 4 is 29.2 Å². The summed E-state index contributed by atoms with van der Waals surface area (Å²) in [5.41, 5.74) is 3.00. The number of rotatable bonds is 5. The number of amides is 1. The van der Waals surface area contributed by atoms with Crippen LogP contribution in [0.4, 0.5) is 5.69 Å². The SMILES string of the molecule is Cc1cc(NC(=O)c2ccc(COC(=O)[C@H]3C[C@@H]3C)cc2)ccc1Cl. The fourth-order valence-electron chi connectivity index (χ4n) is 2.59. The Morgan fingerprint density at radius 2 is 1.88 bits per heavy atom. The lowest BCUT2D eigenvalue weighted by Gasteiger charge is -2.08. The van der Waals surface area contributed by atoms with Crippen molar-refractivity contribution in [2.24, 2.45) is 11.8 Å². The summed E-state index contributed by atoms with van der Waals surface area (Å²) >= 11 is 5.99. The average molecular weight is 358 g/mol. The maximum absolute atomic E-state index is 12.3. The highest BCUT2D eigenvalue weighted by Crippen LogP contribution is 2.38. The predicted molar refractivity (Wildman–Crippen MR) is 97.7 cm³/mol. The summed E-state index contributed by atoms with van der Waals surface area (Å²) in [5, 5.41) is 3.51. The number of hydrogen-bond donors (Lipinski definition) is 1. The average Bonchev–Trinajstić information content (AvgIpc) is 3.33. The van der Waals surface area contributed by atoms with Crippen LogP contribution in [0.5, 0.6) is 0 Å². The third-order valence-electron chi connectivity index (χ3n) is 4.43. The van der Waals surface area contributed by atoms with Gasteiger partial charge in [-0.1, -0.05) is 30.7 Å². The largest absolute Gasteiger partial charge is 0.461 e. The van der Waals surface area contributed by atoms with Gasteiger partial charge in [-0.05, 0) is 60.7 Å². The van der Waals surface area contributed by atoms with Crippen molar-refractivity contribution in [3.05, 3.63) is 64.2 Å². The van der Waals surface area contributed by atoms with Gasteiger partial charge in [-0.25, -0.2) is 0 Å². The van der Waals surface area contributed by atoms with Crippen LogP contribution in [0.3, 0.4) is 0 Å². The van der Waals surface area contributed by atoms with Gasteiger partial charge in [0, 0.05) is 16.3 Å². The van der Waals surface area contributed by atoms with Crippen molar-refractivity contribution in [1.29, 1.82) is 0 Å². The second-order valence-corrected chi connectivity index (χ2v) is 6.95. The number of nitrogens with one attached hydrogen (secondary N) is 1. The van der Waals surface area contributed by atoms with Crippen molar-refractivity contribution < 1.29 is 14.3 Å². The van der Waals surface area contributed by atoms with Crippen molar-refractivity contribution in [1.82, 2.24) is 0 Å². The summed E-state index contributed by atoms with van der Waals surface area (Å²) in [6.07, 6.45) is 0.919. The van der Waals surface area contributed by atoms with Crippen molar-refractivity contribution in [2.75, 3.05) is 5.32 Å². The highest BCUT2D eigenvalue weighted by Gasteiger charge is 2.40. The Morgan fingerprint density at radius 1 is 1.20 bits per heavy atom. The third kappa shape index (κ3) is 4.40. The maximum atomic E-state index is 12.3. The molecule has 0 spiro atoms. The Kier molecular flexibility index (Phi) is 5.09. The van der Waals surface area contributed by atoms with Gasteiger partial charge in [0.1, 0.15) is 6.61 Å². The third-order valence-corrected chi connectivity index (χ3v) is 4.85. The second kappa shape index (κ2) is 7.28. The van der Waals surface area contributed by atoms with E-state index in [9.17, 15) is 9.59 Å². The molecule has 0 aliphatic heterocycles. The predicted octanol–water partition coefficient (Wildman–Crippen LogP) is 4.60. The molecule has 1 saturated carbocycles. The molecule has 0 bridgehead atoms. The number of carbonyl (C=O) groups is 2. The molecule has 0 unspecified atom stereocenters. The zero-order valence-corrected chi connectivity index (χ0v) is 15.0. The van der Waals surface area contributed by atoms with Gasteiger partial charge in [-0.2, -0.15) is 0 Å². The van der Waals surface area contributed by atoms with E-state index in [1.165, 1.54) is 0 Å². The van der Waals surface area contributed by atoms with Gasteiger partial charge in [-0.15, -0.1) is 0 Å². The Hall–Kier alpha value is -2.33. The lowest BCUT2D eigenvalue weighted by atomic mass is 10.1. The fraction of sp³-hybridized carbons (Fsp3) is 0.300. The smallest absolute Gasteiger partial charge is 0.309 e. The molecule has 1 N–H and O–H groups in total. The Balaban J connectivity index is 1.56. The number of ether oxygens (including phenoxy) is 1. The van der Waals surface area contributed by atoms with Gasteiger partial charge in [0.25, 0.3) is 5.91 Å². The topological polar surface area (TPSA) is 55.4 Å². The molecular weight excluding hydrogens is 338 g/mol. The van der Waals surface area contributed by atoms with Gasteiger partial charge in [-0.3, -0.25) is 9.59 Å². The highest BCUT2D eigenvalue weighted by molar-refractivity contribution is 6.31. The second-order valence-electron chi connectivity index (χ2n) is 6.54. The molecule has 2 atom stereocenters. The minimum absolute atomic E-state index is 0.0629. The zero-order valence-electron chi connectivity index (χ0n) is 14.2. The number of carbonyl (C=O) groups excluding carboxylic acids is 2. The molecule has 0 saturated heterocycles. The first-order chi connectivity index (χ1) is 11.9. The van der Waals surface area contributed by atoms with E-state index < -0.39 is 0 Å². The van der Waals surface area contributed by atoms with Crippen LogP contribution in [0.2, 0.25) is 5.02 Å². The first-order valence-electron chi connectivity index (χ1n) is 8.27. The van der Waals surface area contributed by atoms with Crippen molar-refractivity contribution in [3.8, 4) is 0 Å². The number of esters is 1.